The molecule has 0 fully saturated rings. The van der Waals surface area contributed by atoms with Crippen molar-refractivity contribution in [1.29, 1.82) is 10.5 Å². The van der Waals surface area contributed by atoms with E-state index in [1.807, 2.05) is 24.3 Å². The molecular weight excluding hydrogens is 256 g/mol. The van der Waals surface area contributed by atoms with Gasteiger partial charge in [-0.3, -0.25) is 0 Å². The normalized spacial score (nSPS) is 8.47. The Hall–Kier alpha value is -1.78. The van der Waals surface area contributed by atoms with Gasteiger partial charge in [-0.1, -0.05) is 34.1 Å². The van der Waals surface area contributed by atoms with Gasteiger partial charge in [-0.2, -0.15) is 10.5 Å². The van der Waals surface area contributed by atoms with E-state index in [9.17, 15) is 0 Å². The number of halogens is 1. The van der Waals surface area contributed by atoms with Crippen LogP contribution in [0.1, 0.15) is 5.56 Å². The van der Waals surface area contributed by atoms with Crippen LogP contribution in [0.4, 0.5) is 0 Å². The summed E-state index contributed by atoms with van der Waals surface area (Å²) in [5.41, 5.74) is 0.922. The predicted molar refractivity (Wildman–Crippen MR) is 58.2 cm³/mol. The van der Waals surface area contributed by atoms with Crippen LogP contribution >= 0.6 is 15.9 Å². The fourth-order valence-corrected chi connectivity index (χ4v) is 1.31. The van der Waals surface area contributed by atoms with E-state index in [2.05, 4.69) is 15.9 Å². The van der Waals surface area contributed by atoms with Crippen molar-refractivity contribution < 1.29 is 4.74 Å². The van der Waals surface area contributed by atoms with Gasteiger partial charge >= 0.3 is 0 Å². The minimum Gasteiger partial charge on any atom is -0.494 e. The zero-order valence-electron chi connectivity index (χ0n) is 7.77. The van der Waals surface area contributed by atoms with Crippen LogP contribution in [-0.4, -0.2) is 0 Å². The summed E-state index contributed by atoms with van der Waals surface area (Å²) < 4.78 is 6.05. The van der Waals surface area contributed by atoms with Crippen LogP contribution < -0.4 is 0 Å². The number of ether oxygens (including phenoxy) is 1. The number of hydrogen-bond acceptors (Lipinski definition) is 3. The summed E-state index contributed by atoms with van der Waals surface area (Å²) in [4.78, 5) is 0. The van der Waals surface area contributed by atoms with E-state index >= 15 is 0 Å². The number of nitriles is 2. The minimum atomic E-state index is -0.0398. The van der Waals surface area contributed by atoms with E-state index < -0.39 is 0 Å². The van der Waals surface area contributed by atoms with E-state index in [4.69, 9.17) is 15.3 Å². The summed E-state index contributed by atoms with van der Waals surface area (Å²) in [5, 5.41) is 16.9. The third-order valence-corrected chi connectivity index (χ3v) is 2.41. The van der Waals surface area contributed by atoms with Crippen molar-refractivity contribution in [2.45, 2.75) is 6.61 Å². The Bertz CT molecular complexity index is 438. The summed E-state index contributed by atoms with van der Waals surface area (Å²) >= 11 is 3.37. The van der Waals surface area contributed by atoms with Crippen LogP contribution in [0.25, 0.3) is 0 Å². The fraction of sp³-hybridized carbons (Fsp3) is 0.0909. The molecule has 0 bridgehead atoms. The highest BCUT2D eigenvalue weighted by Crippen LogP contribution is 2.16. The smallest absolute Gasteiger partial charge is 0.164 e. The van der Waals surface area contributed by atoms with Gasteiger partial charge in [0.15, 0.2) is 5.57 Å². The molecule has 0 atom stereocenters. The Morgan fingerprint density at radius 1 is 1.33 bits per heavy atom. The molecule has 0 aliphatic heterocycles. The maximum Gasteiger partial charge on any atom is 0.164 e. The van der Waals surface area contributed by atoms with Gasteiger partial charge in [0.05, 0.1) is 0 Å². The predicted octanol–water partition coefficient (Wildman–Crippen LogP) is 2.90. The molecule has 0 aliphatic rings. The molecule has 3 nitrogen and oxygen atoms in total. The second kappa shape index (κ2) is 5.85. The molecule has 0 unspecified atom stereocenters. The molecule has 1 aromatic carbocycles. The third-order valence-electron chi connectivity index (χ3n) is 1.64. The van der Waals surface area contributed by atoms with Crippen molar-refractivity contribution >= 4 is 15.9 Å². The van der Waals surface area contributed by atoms with Crippen LogP contribution in [0, 0.1) is 22.7 Å². The summed E-state index contributed by atoms with van der Waals surface area (Å²) in [5.74, 6) is 0. The summed E-state index contributed by atoms with van der Waals surface area (Å²) in [6, 6.07) is 11.0. The Labute approximate surface area is 96.3 Å². The van der Waals surface area contributed by atoms with E-state index in [1.165, 1.54) is 6.26 Å². The van der Waals surface area contributed by atoms with Gasteiger partial charge in [0.25, 0.3) is 0 Å². The van der Waals surface area contributed by atoms with E-state index in [0.29, 0.717) is 6.61 Å². The van der Waals surface area contributed by atoms with Crippen molar-refractivity contribution in [3.63, 3.8) is 0 Å². The molecule has 0 aliphatic carbocycles. The lowest BCUT2D eigenvalue weighted by Crippen LogP contribution is -1.88. The monoisotopic (exact) mass is 262 g/mol. The van der Waals surface area contributed by atoms with Crippen molar-refractivity contribution in [3.05, 3.63) is 46.1 Å². The number of allylic oxidation sites excluding steroid dienone is 1. The summed E-state index contributed by atoms with van der Waals surface area (Å²) in [7, 11) is 0. The molecule has 1 rings (SSSR count). The van der Waals surface area contributed by atoms with Gasteiger partial charge in [-0.25, -0.2) is 0 Å². The average Bonchev–Trinajstić information content (AvgIpc) is 2.27. The Kier molecular flexibility index (Phi) is 4.40. The van der Waals surface area contributed by atoms with E-state index in [0.717, 1.165) is 10.0 Å². The lowest BCUT2D eigenvalue weighted by Gasteiger charge is -2.02. The van der Waals surface area contributed by atoms with Gasteiger partial charge in [0.2, 0.25) is 0 Å². The minimum absolute atomic E-state index is 0.0398. The van der Waals surface area contributed by atoms with Gasteiger partial charge in [0, 0.05) is 10.0 Å². The van der Waals surface area contributed by atoms with Crippen molar-refractivity contribution in [2.24, 2.45) is 0 Å². The van der Waals surface area contributed by atoms with E-state index in [-0.39, 0.29) is 5.57 Å². The molecule has 0 saturated carbocycles. The highest BCUT2D eigenvalue weighted by Gasteiger charge is 1.98. The first kappa shape index (κ1) is 11.3. The van der Waals surface area contributed by atoms with Crippen molar-refractivity contribution in [2.75, 3.05) is 0 Å². The zero-order chi connectivity index (χ0) is 11.1. The molecule has 74 valence electrons. The second-order valence-corrected chi connectivity index (χ2v) is 3.51. The topological polar surface area (TPSA) is 56.8 Å². The van der Waals surface area contributed by atoms with Crippen LogP contribution in [0.2, 0.25) is 0 Å². The quantitative estimate of drug-likeness (QED) is 0.622. The SMILES string of the molecule is N#CC(C#N)=COCc1ccccc1Br. The molecule has 1 aromatic rings. The van der Waals surface area contributed by atoms with Crippen LogP contribution in [0.3, 0.4) is 0 Å². The average molecular weight is 263 g/mol. The Morgan fingerprint density at radius 2 is 2.00 bits per heavy atom. The van der Waals surface area contributed by atoms with Crippen LogP contribution in [0.15, 0.2) is 40.6 Å². The molecule has 0 amide bonds. The lowest BCUT2D eigenvalue weighted by atomic mass is 10.2. The highest BCUT2D eigenvalue weighted by molar-refractivity contribution is 9.10. The largest absolute Gasteiger partial charge is 0.494 e. The van der Waals surface area contributed by atoms with Gasteiger partial charge in [-0.05, 0) is 6.07 Å². The van der Waals surface area contributed by atoms with Gasteiger partial charge in [-0.15, -0.1) is 0 Å². The van der Waals surface area contributed by atoms with Crippen molar-refractivity contribution in [1.82, 2.24) is 0 Å². The van der Waals surface area contributed by atoms with E-state index in [1.54, 1.807) is 12.1 Å². The number of nitrogens with zero attached hydrogens (tertiary/aromatic N) is 2. The molecular formula is C11H7BrN2O. The molecule has 0 spiro atoms. The maximum absolute atomic E-state index is 8.45. The van der Waals surface area contributed by atoms with Crippen LogP contribution in [0.5, 0.6) is 0 Å². The Balaban J connectivity index is 2.60. The van der Waals surface area contributed by atoms with Crippen LogP contribution in [-0.2, 0) is 11.3 Å². The molecule has 0 saturated heterocycles. The standard InChI is InChI=1S/C11H7BrN2O/c12-11-4-2-1-3-10(11)8-15-7-9(5-13)6-14/h1-4,7H,8H2. The first-order valence-corrected chi connectivity index (χ1v) is 4.92. The molecule has 0 N–H and O–H groups in total. The highest BCUT2D eigenvalue weighted by atomic mass is 79.9. The first-order chi connectivity index (χ1) is 7.27. The maximum atomic E-state index is 8.45. The number of benzene rings is 1. The summed E-state index contributed by atoms with van der Waals surface area (Å²) in [6.07, 6.45) is 1.17. The molecule has 0 heterocycles. The molecule has 0 radical (unpaired) electrons. The number of rotatable bonds is 3. The number of hydrogen-bond donors (Lipinski definition) is 0. The molecule has 0 aromatic heterocycles. The molecule has 4 heteroatoms. The zero-order valence-corrected chi connectivity index (χ0v) is 9.36. The van der Waals surface area contributed by atoms with Gasteiger partial charge < -0.3 is 4.74 Å². The molecule has 15 heavy (non-hydrogen) atoms. The second-order valence-electron chi connectivity index (χ2n) is 2.66. The third kappa shape index (κ3) is 3.46. The lowest BCUT2D eigenvalue weighted by molar-refractivity contribution is 0.234. The van der Waals surface area contributed by atoms with Gasteiger partial charge in [0.1, 0.15) is 25.0 Å². The fourth-order valence-electron chi connectivity index (χ4n) is 0.908. The first-order valence-electron chi connectivity index (χ1n) is 4.13. The summed E-state index contributed by atoms with van der Waals surface area (Å²) in [6.45, 7) is 0.328. The Morgan fingerprint density at radius 3 is 2.60 bits per heavy atom. The van der Waals surface area contributed by atoms with Crippen molar-refractivity contribution in [3.8, 4) is 12.1 Å².